The standard InChI is InChI=1S/C14H28O3/c1-5-6-7-8-9-10-12(15)11-13(16)17-14(2,3)4/h12,15H,5-11H2,1-4H3/t12-/m1/s1. The van der Waals surface area contributed by atoms with Gasteiger partial charge in [0.1, 0.15) is 5.60 Å². The Morgan fingerprint density at radius 2 is 1.76 bits per heavy atom. The second kappa shape index (κ2) is 8.51. The zero-order chi connectivity index (χ0) is 13.3. The van der Waals surface area contributed by atoms with Crippen LogP contribution in [0.15, 0.2) is 0 Å². The van der Waals surface area contributed by atoms with Crippen LogP contribution in [0.4, 0.5) is 0 Å². The van der Waals surface area contributed by atoms with Crippen molar-refractivity contribution in [1.29, 1.82) is 0 Å². The van der Waals surface area contributed by atoms with Gasteiger partial charge in [-0.3, -0.25) is 4.79 Å². The molecule has 0 aliphatic rings. The molecular formula is C14H28O3. The van der Waals surface area contributed by atoms with E-state index in [9.17, 15) is 9.90 Å². The van der Waals surface area contributed by atoms with Gasteiger partial charge in [0.05, 0.1) is 12.5 Å². The molecule has 0 saturated heterocycles. The number of esters is 1. The summed E-state index contributed by atoms with van der Waals surface area (Å²) in [5.41, 5.74) is -0.460. The van der Waals surface area contributed by atoms with Crippen molar-refractivity contribution in [2.45, 2.75) is 84.3 Å². The molecule has 0 saturated carbocycles. The summed E-state index contributed by atoms with van der Waals surface area (Å²) in [6.45, 7) is 7.68. The van der Waals surface area contributed by atoms with E-state index < -0.39 is 11.7 Å². The highest BCUT2D eigenvalue weighted by atomic mass is 16.6. The lowest BCUT2D eigenvalue weighted by Gasteiger charge is -2.20. The van der Waals surface area contributed by atoms with Crippen LogP contribution in [0.2, 0.25) is 0 Å². The molecule has 0 radical (unpaired) electrons. The first-order valence-electron chi connectivity index (χ1n) is 6.75. The predicted octanol–water partition coefficient (Wildman–Crippen LogP) is 3.44. The summed E-state index contributed by atoms with van der Waals surface area (Å²) < 4.78 is 5.15. The third kappa shape index (κ3) is 11.7. The zero-order valence-electron chi connectivity index (χ0n) is 11.8. The van der Waals surface area contributed by atoms with Crippen molar-refractivity contribution in [3.05, 3.63) is 0 Å². The van der Waals surface area contributed by atoms with Crippen molar-refractivity contribution in [2.75, 3.05) is 0 Å². The average Bonchev–Trinajstić information content (AvgIpc) is 2.14. The second-order valence-electron chi connectivity index (χ2n) is 5.65. The minimum absolute atomic E-state index is 0.116. The molecule has 0 aromatic heterocycles. The molecule has 3 heteroatoms. The highest BCUT2D eigenvalue weighted by Crippen LogP contribution is 2.13. The molecule has 0 aliphatic carbocycles. The summed E-state index contributed by atoms with van der Waals surface area (Å²) in [6, 6.07) is 0. The van der Waals surface area contributed by atoms with Crippen LogP contribution < -0.4 is 0 Å². The number of hydrogen-bond donors (Lipinski definition) is 1. The van der Waals surface area contributed by atoms with Crippen LogP contribution in [-0.2, 0) is 9.53 Å². The first kappa shape index (κ1) is 16.4. The van der Waals surface area contributed by atoms with Crippen LogP contribution in [0.3, 0.4) is 0 Å². The van der Waals surface area contributed by atoms with Crippen molar-refractivity contribution in [3.63, 3.8) is 0 Å². The number of aliphatic hydroxyl groups is 1. The quantitative estimate of drug-likeness (QED) is 0.525. The Morgan fingerprint density at radius 1 is 1.18 bits per heavy atom. The lowest BCUT2D eigenvalue weighted by atomic mass is 10.1. The smallest absolute Gasteiger partial charge is 0.308 e. The van der Waals surface area contributed by atoms with Gasteiger partial charge in [0.15, 0.2) is 0 Å². The molecule has 0 aromatic rings. The van der Waals surface area contributed by atoms with Gasteiger partial charge in [0, 0.05) is 0 Å². The number of carbonyl (C=O) groups excluding carboxylic acids is 1. The van der Waals surface area contributed by atoms with E-state index in [2.05, 4.69) is 6.92 Å². The lowest BCUT2D eigenvalue weighted by molar-refractivity contribution is -0.157. The van der Waals surface area contributed by atoms with E-state index in [0.717, 1.165) is 12.8 Å². The average molecular weight is 244 g/mol. The number of carbonyl (C=O) groups is 1. The third-order valence-corrected chi connectivity index (χ3v) is 2.46. The van der Waals surface area contributed by atoms with Crippen molar-refractivity contribution in [1.82, 2.24) is 0 Å². The van der Waals surface area contributed by atoms with E-state index >= 15 is 0 Å². The molecule has 0 spiro atoms. The number of hydrogen-bond acceptors (Lipinski definition) is 3. The first-order chi connectivity index (χ1) is 7.85. The summed E-state index contributed by atoms with van der Waals surface area (Å²) in [6.07, 6.45) is 6.08. The summed E-state index contributed by atoms with van der Waals surface area (Å²) >= 11 is 0. The molecule has 0 fully saturated rings. The van der Waals surface area contributed by atoms with Crippen LogP contribution in [-0.4, -0.2) is 22.8 Å². The Labute approximate surface area is 106 Å². The molecule has 0 amide bonds. The zero-order valence-corrected chi connectivity index (χ0v) is 11.8. The van der Waals surface area contributed by atoms with E-state index in [-0.39, 0.29) is 12.4 Å². The third-order valence-electron chi connectivity index (χ3n) is 2.46. The molecule has 0 heterocycles. The first-order valence-corrected chi connectivity index (χ1v) is 6.75. The molecular weight excluding hydrogens is 216 g/mol. The predicted molar refractivity (Wildman–Crippen MR) is 69.8 cm³/mol. The van der Waals surface area contributed by atoms with Gasteiger partial charge in [0.2, 0.25) is 0 Å². The minimum Gasteiger partial charge on any atom is -0.460 e. The van der Waals surface area contributed by atoms with Gasteiger partial charge in [-0.1, -0.05) is 39.0 Å². The summed E-state index contributed by atoms with van der Waals surface area (Å²) in [5, 5.41) is 9.67. The molecule has 1 N–H and O–H groups in total. The number of ether oxygens (including phenoxy) is 1. The molecule has 102 valence electrons. The van der Waals surface area contributed by atoms with E-state index in [1.165, 1.54) is 19.3 Å². The second-order valence-corrected chi connectivity index (χ2v) is 5.65. The topological polar surface area (TPSA) is 46.5 Å². The van der Waals surface area contributed by atoms with Gasteiger partial charge in [-0.05, 0) is 27.2 Å². The van der Waals surface area contributed by atoms with Gasteiger partial charge in [-0.25, -0.2) is 0 Å². The number of aliphatic hydroxyl groups excluding tert-OH is 1. The van der Waals surface area contributed by atoms with E-state index in [1.807, 2.05) is 20.8 Å². The van der Waals surface area contributed by atoms with Gasteiger partial charge in [0.25, 0.3) is 0 Å². The van der Waals surface area contributed by atoms with Gasteiger partial charge >= 0.3 is 5.97 Å². The molecule has 17 heavy (non-hydrogen) atoms. The van der Waals surface area contributed by atoms with Crippen LogP contribution in [0.5, 0.6) is 0 Å². The van der Waals surface area contributed by atoms with Crippen molar-refractivity contribution in [3.8, 4) is 0 Å². The number of rotatable bonds is 8. The molecule has 0 aliphatic heterocycles. The molecule has 0 rings (SSSR count). The molecule has 1 atom stereocenters. The minimum atomic E-state index is -0.550. The van der Waals surface area contributed by atoms with E-state index in [0.29, 0.717) is 6.42 Å². The van der Waals surface area contributed by atoms with Crippen molar-refractivity contribution >= 4 is 5.97 Å². The summed E-state index contributed by atoms with van der Waals surface area (Å²) in [7, 11) is 0. The molecule has 3 nitrogen and oxygen atoms in total. The molecule has 0 aromatic carbocycles. The monoisotopic (exact) mass is 244 g/mol. The maximum Gasteiger partial charge on any atom is 0.308 e. The Hall–Kier alpha value is -0.570. The van der Waals surface area contributed by atoms with Crippen LogP contribution in [0.25, 0.3) is 0 Å². The van der Waals surface area contributed by atoms with Gasteiger partial charge in [-0.15, -0.1) is 0 Å². The fraction of sp³-hybridized carbons (Fsp3) is 0.929. The van der Waals surface area contributed by atoms with Crippen LogP contribution in [0, 0.1) is 0 Å². The lowest BCUT2D eigenvalue weighted by Crippen LogP contribution is -2.26. The Balaban J connectivity index is 3.57. The highest BCUT2D eigenvalue weighted by Gasteiger charge is 2.18. The van der Waals surface area contributed by atoms with Crippen LogP contribution in [0.1, 0.15) is 72.6 Å². The largest absolute Gasteiger partial charge is 0.460 e. The van der Waals surface area contributed by atoms with E-state index in [4.69, 9.17) is 4.74 Å². The number of unbranched alkanes of at least 4 members (excludes halogenated alkanes) is 4. The normalized spacial score (nSPS) is 13.5. The maximum atomic E-state index is 11.4. The van der Waals surface area contributed by atoms with E-state index in [1.54, 1.807) is 0 Å². The fourth-order valence-corrected chi connectivity index (χ4v) is 1.66. The maximum absolute atomic E-state index is 11.4. The van der Waals surface area contributed by atoms with Crippen molar-refractivity contribution < 1.29 is 14.6 Å². The Kier molecular flexibility index (Phi) is 8.23. The van der Waals surface area contributed by atoms with Gasteiger partial charge < -0.3 is 9.84 Å². The summed E-state index contributed by atoms with van der Waals surface area (Å²) in [4.78, 5) is 11.4. The van der Waals surface area contributed by atoms with Crippen molar-refractivity contribution in [2.24, 2.45) is 0 Å². The fourth-order valence-electron chi connectivity index (χ4n) is 1.66. The Bertz CT molecular complexity index is 206. The molecule has 0 bridgehead atoms. The molecule has 0 unspecified atom stereocenters. The summed E-state index contributed by atoms with van der Waals surface area (Å²) in [5.74, 6) is -0.307. The Morgan fingerprint density at radius 3 is 2.29 bits per heavy atom. The van der Waals surface area contributed by atoms with Gasteiger partial charge in [-0.2, -0.15) is 0 Å². The highest BCUT2D eigenvalue weighted by molar-refractivity contribution is 5.70. The SMILES string of the molecule is CCCCCCC[C@@H](O)CC(=O)OC(C)(C)C. The van der Waals surface area contributed by atoms with Crippen LogP contribution >= 0.6 is 0 Å².